The summed E-state index contributed by atoms with van der Waals surface area (Å²) in [5.41, 5.74) is 8.92. The molecule has 4 nitrogen and oxygen atoms in total. The smallest absolute Gasteiger partial charge is 0.399 e. The molecule has 36 heavy (non-hydrogen) atoms. The van der Waals surface area contributed by atoms with Gasteiger partial charge in [0.2, 0.25) is 0 Å². The number of benzene rings is 1. The Labute approximate surface area is 222 Å². The summed E-state index contributed by atoms with van der Waals surface area (Å²) in [6, 6.07) is 4.13. The maximum absolute atomic E-state index is 6.47. The third-order valence-electron chi connectivity index (χ3n) is 7.41. The van der Waals surface area contributed by atoms with Gasteiger partial charge in [-0.25, -0.2) is 0 Å². The minimum absolute atomic E-state index is 0.449. The van der Waals surface area contributed by atoms with Crippen LogP contribution >= 0.6 is 0 Å². The first-order valence-electron chi connectivity index (χ1n) is 13.0. The molecule has 2 aliphatic rings. The van der Waals surface area contributed by atoms with Crippen molar-refractivity contribution in [3.63, 3.8) is 0 Å². The van der Waals surface area contributed by atoms with Crippen molar-refractivity contribution in [2.24, 2.45) is 0 Å². The quantitative estimate of drug-likeness (QED) is 0.416. The molecule has 8 heteroatoms. The molecule has 3 rings (SSSR count). The third-order valence-corrected chi connectivity index (χ3v) is 9.16. The second-order valence-corrected chi connectivity index (χ2v) is 23.7. The van der Waals surface area contributed by atoms with E-state index in [-0.39, 0.29) is 0 Å². The second kappa shape index (κ2) is 9.19. The van der Waals surface area contributed by atoms with E-state index in [1.54, 1.807) is 0 Å². The lowest BCUT2D eigenvalue weighted by Gasteiger charge is -2.32. The van der Waals surface area contributed by atoms with Crippen LogP contribution in [0.4, 0.5) is 0 Å². The molecule has 2 heterocycles. The van der Waals surface area contributed by atoms with Crippen molar-refractivity contribution in [3.05, 3.63) is 23.3 Å². The summed E-state index contributed by atoms with van der Waals surface area (Å²) in [7, 11) is -4.42. The van der Waals surface area contributed by atoms with Gasteiger partial charge in [-0.2, -0.15) is 0 Å². The first-order chi connectivity index (χ1) is 16.1. The predicted octanol–water partition coefficient (Wildman–Crippen LogP) is 4.74. The van der Waals surface area contributed by atoms with Gasteiger partial charge in [-0.1, -0.05) is 63.3 Å². The number of rotatable bonds is 2. The van der Waals surface area contributed by atoms with Gasteiger partial charge in [0.15, 0.2) is 0 Å². The van der Waals surface area contributed by atoms with Gasteiger partial charge in [0, 0.05) is 11.1 Å². The van der Waals surface area contributed by atoms with Crippen LogP contribution in [0.5, 0.6) is 0 Å². The molecule has 1 aromatic rings. The van der Waals surface area contributed by atoms with Gasteiger partial charge < -0.3 is 18.6 Å². The molecular weight excluding hydrogens is 478 g/mol. The summed E-state index contributed by atoms with van der Waals surface area (Å²) < 4.78 is 25.9. The van der Waals surface area contributed by atoms with Crippen LogP contribution < -0.4 is 10.9 Å². The van der Waals surface area contributed by atoms with Crippen molar-refractivity contribution in [1.29, 1.82) is 0 Å². The Bertz CT molecular complexity index is 1030. The monoisotopic (exact) mass is 522 g/mol. The molecule has 194 valence electrons. The summed E-state index contributed by atoms with van der Waals surface area (Å²) in [6.07, 6.45) is 0. The first kappa shape index (κ1) is 29.3. The minimum atomic E-state index is -1.68. The van der Waals surface area contributed by atoms with Crippen LogP contribution in [0, 0.1) is 22.9 Å². The van der Waals surface area contributed by atoms with Crippen molar-refractivity contribution < 1.29 is 18.6 Å². The van der Waals surface area contributed by atoms with Crippen LogP contribution in [0.2, 0.25) is 39.3 Å². The number of hydrogen-bond donors (Lipinski definition) is 0. The molecular formula is C28H44B2O4Si2. The predicted molar refractivity (Wildman–Crippen MR) is 158 cm³/mol. The Morgan fingerprint density at radius 3 is 1.00 bits per heavy atom. The summed E-state index contributed by atoms with van der Waals surface area (Å²) in [4.78, 5) is 0. The highest BCUT2D eigenvalue weighted by atomic mass is 28.3. The minimum Gasteiger partial charge on any atom is -0.399 e. The first-order valence-corrected chi connectivity index (χ1v) is 20.0. The summed E-state index contributed by atoms with van der Waals surface area (Å²) in [6.45, 7) is 30.1. The van der Waals surface area contributed by atoms with Crippen molar-refractivity contribution in [2.45, 2.75) is 117 Å². The number of hydrogen-bond acceptors (Lipinski definition) is 4. The topological polar surface area (TPSA) is 36.9 Å². The Hall–Kier alpha value is -1.26. The molecule has 1 aromatic carbocycles. The normalized spacial score (nSPS) is 22.1. The average Bonchev–Trinajstić information content (AvgIpc) is 3.02. The fourth-order valence-electron chi connectivity index (χ4n) is 3.74. The maximum Gasteiger partial charge on any atom is 0.496 e. The average molecular weight is 522 g/mol. The Morgan fingerprint density at radius 2 is 0.778 bits per heavy atom. The van der Waals surface area contributed by atoms with E-state index in [1.165, 1.54) is 0 Å². The molecule has 0 unspecified atom stereocenters. The molecule has 0 bridgehead atoms. The molecule has 0 amide bonds. The van der Waals surface area contributed by atoms with Gasteiger partial charge in [0.05, 0.1) is 22.4 Å². The van der Waals surface area contributed by atoms with Crippen molar-refractivity contribution >= 4 is 41.3 Å². The Morgan fingerprint density at radius 1 is 0.528 bits per heavy atom. The molecule has 0 saturated carbocycles. The van der Waals surface area contributed by atoms with E-state index in [0.29, 0.717) is 0 Å². The lowest BCUT2D eigenvalue weighted by molar-refractivity contribution is 0.00578. The summed E-state index contributed by atoms with van der Waals surface area (Å²) in [5.74, 6) is 7.10. The molecule has 0 N–H and O–H groups in total. The third kappa shape index (κ3) is 6.07. The standard InChI is InChI=1S/C28H44B2O4Si2/c1-25(2)26(3,4)32-29(31-25)23-15-16-24(30-33-27(5,6)28(7,8)34-30)22(18-20-36(12,13)14)21(23)17-19-35(9,10)11/h15-16H,1-14H3. The van der Waals surface area contributed by atoms with Gasteiger partial charge in [0.1, 0.15) is 16.1 Å². The molecule has 2 aliphatic heterocycles. The highest BCUT2D eigenvalue weighted by molar-refractivity contribution is 6.84. The van der Waals surface area contributed by atoms with E-state index in [2.05, 4.69) is 130 Å². The summed E-state index contributed by atoms with van der Waals surface area (Å²) >= 11 is 0. The van der Waals surface area contributed by atoms with Crippen LogP contribution in [0.15, 0.2) is 12.1 Å². The largest absolute Gasteiger partial charge is 0.496 e. The van der Waals surface area contributed by atoms with Gasteiger partial charge in [-0.05, 0) is 66.3 Å². The SMILES string of the molecule is CC1(C)OB(c2ccc(B3OC(C)(C)C(C)(C)O3)c(C#C[Si](C)(C)C)c2C#C[Si](C)(C)C)OC1(C)C. The molecule has 0 aliphatic carbocycles. The van der Waals surface area contributed by atoms with Gasteiger partial charge in [0.25, 0.3) is 0 Å². The highest BCUT2D eigenvalue weighted by Crippen LogP contribution is 2.38. The fraction of sp³-hybridized carbons (Fsp3) is 0.643. The molecule has 2 saturated heterocycles. The maximum atomic E-state index is 6.47. The van der Waals surface area contributed by atoms with Crippen molar-refractivity contribution in [3.8, 4) is 22.9 Å². The van der Waals surface area contributed by atoms with Crippen LogP contribution in [-0.4, -0.2) is 52.8 Å². The van der Waals surface area contributed by atoms with Crippen LogP contribution in [0.25, 0.3) is 0 Å². The highest BCUT2D eigenvalue weighted by Gasteiger charge is 2.54. The fourth-order valence-corrected chi connectivity index (χ4v) is 4.74. The van der Waals surface area contributed by atoms with Gasteiger partial charge in [-0.3, -0.25) is 0 Å². The summed E-state index contributed by atoms with van der Waals surface area (Å²) in [5, 5.41) is 0. The van der Waals surface area contributed by atoms with E-state index >= 15 is 0 Å². The molecule has 0 atom stereocenters. The van der Waals surface area contributed by atoms with E-state index < -0.39 is 52.8 Å². The zero-order valence-electron chi connectivity index (χ0n) is 24.9. The molecule has 0 aromatic heterocycles. The van der Waals surface area contributed by atoms with Crippen LogP contribution in [0.3, 0.4) is 0 Å². The molecule has 0 radical (unpaired) electrons. The van der Waals surface area contributed by atoms with E-state index in [1.807, 2.05) is 0 Å². The molecule has 2 fully saturated rings. The zero-order chi connectivity index (χ0) is 27.5. The Balaban J connectivity index is 2.29. The van der Waals surface area contributed by atoms with E-state index in [0.717, 1.165) is 22.1 Å². The van der Waals surface area contributed by atoms with E-state index in [4.69, 9.17) is 18.6 Å². The lowest BCUT2D eigenvalue weighted by atomic mass is 9.68. The van der Waals surface area contributed by atoms with Gasteiger partial charge in [-0.15, -0.1) is 11.1 Å². The van der Waals surface area contributed by atoms with Crippen molar-refractivity contribution in [2.75, 3.05) is 0 Å². The van der Waals surface area contributed by atoms with Crippen molar-refractivity contribution in [1.82, 2.24) is 0 Å². The Kier molecular flexibility index (Phi) is 7.48. The molecule has 0 spiro atoms. The lowest BCUT2D eigenvalue weighted by Crippen LogP contribution is -2.42. The van der Waals surface area contributed by atoms with Gasteiger partial charge >= 0.3 is 14.2 Å². The van der Waals surface area contributed by atoms with Crippen LogP contribution in [-0.2, 0) is 18.6 Å². The van der Waals surface area contributed by atoms with E-state index in [9.17, 15) is 0 Å². The zero-order valence-corrected chi connectivity index (χ0v) is 26.9. The second-order valence-electron chi connectivity index (χ2n) is 14.2. The van der Waals surface area contributed by atoms with Crippen LogP contribution in [0.1, 0.15) is 66.5 Å².